The van der Waals surface area contributed by atoms with Crippen molar-refractivity contribution in [2.45, 2.75) is 58.8 Å². The van der Waals surface area contributed by atoms with Crippen LogP contribution < -0.4 is 9.64 Å². The van der Waals surface area contributed by atoms with Gasteiger partial charge in [-0.3, -0.25) is 9.89 Å². The summed E-state index contributed by atoms with van der Waals surface area (Å²) in [5.41, 5.74) is 5.52. The predicted octanol–water partition coefficient (Wildman–Crippen LogP) is 4.12. The Morgan fingerprint density at radius 1 is 1.19 bits per heavy atom. The molecule has 0 bridgehead atoms. The molecule has 0 radical (unpaired) electrons. The summed E-state index contributed by atoms with van der Waals surface area (Å²) in [5, 5.41) is 7.31. The molecule has 144 valence electrons. The van der Waals surface area contributed by atoms with Crippen LogP contribution in [-0.2, 0) is 17.6 Å². The molecule has 1 saturated carbocycles. The molecule has 1 fully saturated rings. The van der Waals surface area contributed by atoms with E-state index in [1.54, 1.807) is 0 Å². The first-order valence-corrected chi connectivity index (χ1v) is 10.2. The van der Waals surface area contributed by atoms with Gasteiger partial charge in [-0.25, -0.2) is 0 Å². The third-order valence-electron chi connectivity index (χ3n) is 6.01. The van der Waals surface area contributed by atoms with E-state index in [2.05, 4.69) is 22.3 Å². The normalized spacial score (nSPS) is 16.5. The lowest BCUT2D eigenvalue weighted by atomic mass is 10.1. The molecular formula is C22H29N3O2. The van der Waals surface area contributed by atoms with Gasteiger partial charge in [-0.15, -0.1) is 0 Å². The summed E-state index contributed by atoms with van der Waals surface area (Å²) in [5.74, 6) is 1.38. The lowest BCUT2D eigenvalue weighted by molar-refractivity contribution is -0.120. The van der Waals surface area contributed by atoms with Gasteiger partial charge in [0.25, 0.3) is 5.91 Å². The maximum absolute atomic E-state index is 13.1. The maximum atomic E-state index is 13.1. The van der Waals surface area contributed by atoms with Gasteiger partial charge in [-0.1, -0.05) is 18.9 Å². The highest BCUT2D eigenvalue weighted by atomic mass is 16.5. The second-order valence-corrected chi connectivity index (χ2v) is 8.01. The SMILES string of the molecule is Cc1n[nH]c(C)c1N(CC1CCCC1)C(=O)COc1ccc2c(c1)CCC2. The summed E-state index contributed by atoms with van der Waals surface area (Å²) >= 11 is 0. The number of ether oxygens (including phenoxy) is 1. The van der Waals surface area contributed by atoms with Crippen molar-refractivity contribution in [2.75, 3.05) is 18.1 Å². The van der Waals surface area contributed by atoms with Crippen LogP contribution in [0.4, 0.5) is 5.69 Å². The monoisotopic (exact) mass is 367 g/mol. The molecule has 2 aromatic rings. The van der Waals surface area contributed by atoms with Gasteiger partial charge in [0, 0.05) is 6.54 Å². The van der Waals surface area contributed by atoms with Gasteiger partial charge < -0.3 is 9.64 Å². The van der Waals surface area contributed by atoms with Gasteiger partial charge in [-0.05, 0) is 75.1 Å². The molecule has 0 saturated heterocycles. The number of fused-ring (bicyclic) bond motifs is 1. The summed E-state index contributed by atoms with van der Waals surface area (Å²) in [4.78, 5) is 15.0. The minimum absolute atomic E-state index is 0.00926. The fourth-order valence-corrected chi connectivity index (χ4v) is 4.57. The van der Waals surface area contributed by atoms with Crippen LogP contribution in [0.5, 0.6) is 5.75 Å². The Labute approximate surface area is 161 Å². The maximum Gasteiger partial charge on any atom is 0.265 e. The van der Waals surface area contributed by atoms with E-state index < -0.39 is 0 Å². The number of rotatable bonds is 6. The van der Waals surface area contributed by atoms with Crippen molar-refractivity contribution in [3.05, 3.63) is 40.7 Å². The Hall–Kier alpha value is -2.30. The molecule has 1 heterocycles. The van der Waals surface area contributed by atoms with E-state index in [1.807, 2.05) is 24.8 Å². The number of benzene rings is 1. The molecule has 0 spiro atoms. The fraction of sp³-hybridized carbons (Fsp3) is 0.545. The zero-order valence-electron chi connectivity index (χ0n) is 16.4. The third-order valence-corrected chi connectivity index (χ3v) is 6.01. The van der Waals surface area contributed by atoms with E-state index in [0.29, 0.717) is 5.92 Å². The number of amides is 1. The van der Waals surface area contributed by atoms with Crippen LogP contribution in [0.3, 0.4) is 0 Å². The highest BCUT2D eigenvalue weighted by molar-refractivity contribution is 5.95. The van der Waals surface area contributed by atoms with Crippen LogP contribution in [0.25, 0.3) is 0 Å². The molecule has 0 atom stereocenters. The van der Waals surface area contributed by atoms with E-state index in [-0.39, 0.29) is 12.5 Å². The summed E-state index contributed by atoms with van der Waals surface area (Å²) < 4.78 is 5.89. The number of carbonyl (C=O) groups is 1. The number of aryl methyl sites for hydroxylation is 4. The van der Waals surface area contributed by atoms with Crippen LogP contribution in [-0.4, -0.2) is 29.3 Å². The van der Waals surface area contributed by atoms with Crippen molar-refractivity contribution in [1.82, 2.24) is 10.2 Å². The molecule has 1 N–H and O–H groups in total. The van der Waals surface area contributed by atoms with Crippen LogP contribution in [0.15, 0.2) is 18.2 Å². The molecule has 1 aromatic heterocycles. The predicted molar refractivity (Wildman–Crippen MR) is 106 cm³/mol. The van der Waals surface area contributed by atoms with Crippen molar-refractivity contribution >= 4 is 11.6 Å². The number of nitrogens with one attached hydrogen (secondary N) is 1. The van der Waals surface area contributed by atoms with Gasteiger partial charge in [0.2, 0.25) is 0 Å². The molecule has 1 aromatic carbocycles. The van der Waals surface area contributed by atoms with E-state index in [9.17, 15) is 4.79 Å². The van der Waals surface area contributed by atoms with Crippen molar-refractivity contribution in [3.63, 3.8) is 0 Å². The molecule has 5 heteroatoms. The van der Waals surface area contributed by atoms with Crippen LogP contribution in [0.1, 0.15) is 54.6 Å². The Bertz CT molecular complexity index is 801. The van der Waals surface area contributed by atoms with Crippen molar-refractivity contribution in [2.24, 2.45) is 5.92 Å². The minimum Gasteiger partial charge on any atom is -0.484 e. The second kappa shape index (κ2) is 7.75. The number of carbonyl (C=O) groups excluding carboxylic acids is 1. The molecule has 2 aliphatic rings. The van der Waals surface area contributed by atoms with Crippen LogP contribution in [0, 0.1) is 19.8 Å². The van der Waals surface area contributed by atoms with Gasteiger partial charge in [0.15, 0.2) is 6.61 Å². The van der Waals surface area contributed by atoms with Gasteiger partial charge >= 0.3 is 0 Å². The highest BCUT2D eigenvalue weighted by Gasteiger charge is 2.27. The Kier molecular flexibility index (Phi) is 5.19. The van der Waals surface area contributed by atoms with E-state index in [0.717, 1.165) is 42.2 Å². The summed E-state index contributed by atoms with van der Waals surface area (Å²) in [6, 6.07) is 6.24. The van der Waals surface area contributed by atoms with E-state index >= 15 is 0 Å². The fourth-order valence-electron chi connectivity index (χ4n) is 4.57. The van der Waals surface area contributed by atoms with Gasteiger partial charge in [-0.2, -0.15) is 5.10 Å². The average molecular weight is 367 g/mol. The quantitative estimate of drug-likeness (QED) is 0.836. The van der Waals surface area contributed by atoms with Crippen LogP contribution in [0.2, 0.25) is 0 Å². The van der Waals surface area contributed by atoms with Crippen LogP contribution >= 0.6 is 0 Å². The topological polar surface area (TPSA) is 58.2 Å². The zero-order chi connectivity index (χ0) is 18.8. The molecule has 27 heavy (non-hydrogen) atoms. The standard InChI is InChI=1S/C22H29N3O2/c1-15-22(16(2)24-23-15)25(13-17-6-3-4-7-17)21(26)14-27-20-11-10-18-8-5-9-19(18)12-20/h10-12,17H,3-9,13-14H2,1-2H3,(H,23,24). The summed E-state index contributed by atoms with van der Waals surface area (Å²) in [7, 11) is 0. The summed E-state index contributed by atoms with van der Waals surface area (Å²) in [6.07, 6.45) is 8.41. The molecule has 5 nitrogen and oxygen atoms in total. The Balaban J connectivity index is 1.48. The second-order valence-electron chi connectivity index (χ2n) is 8.01. The lowest BCUT2D eigenvalue weighted by Gasteiger charge is -2.26. The number of H-pyrrole nitrogens is 1. The zero-order valence-corrected chi connectivity index (χ0v) is 16.4. The first-order valence-electron chi connectivity index (χ1n) is 10.2. The van der Waals surface area contributed by atoms with Crippen molar-refractivity contribution in [1.29, 1.82) is 0 Å². The van der Waals surface area contributed by atoms with Crippen molar-refractivity contribution in [3.8, 4) is 5.75 Å². The number of aromatic nitrogens is 2. The first kappa shape index (κ1) is 18.1. The molecule has 2 aliphatic carbocycles. The number of anilines is 1. The number of nitrogens with zero attached hydrogens (tertiary/aromatic N) is 2. The molecule has 1 amide bonds. The largest absolute Gasteiger partial charge is 0.484 e. The molecule has 0 unspecified atom stereocenters. The Morgan fingerprint density at radius 3 is 2.70 bits per heavy atom. The number of aromatic amines is 1. The molecule has 0 aliphatic heterocycles. The van der Waals surface area contributed by atoms with E-state index in [1.165, 1.54) is 43.2 Å². The minimum atomic E-state index is 0.00926. The number of hydrogen-bond donors (Lipinski definition) is 1. The summed E-state index contributed by atoms with van der Waals surface area (Å²) in [6.45, 7) is 4.75. The number of hydrogen-bond acceptors (Lipinski definition) is 3. The smallest absolute Gasteiger partial charge is 0.265 e. The molecular weight excluding hydrogens is 338 g/mol. The first-order chi connectivity index (χ1) is 13.1. The highest BCUT2D eigenvalue weighted by Crippen LogP contribution is 2.30. The Morgan fingerprint density at radius 2 is 1.96 bits per heavy atom. The van der Waals surface area contributed by atoms with Gasteiger partial charge in [0.05, 0.1) is 17.1 Å². The average Bonchev–Trinajstić information content (AvgIpc) is 3.40. The third kappa shape index (κ3) is 3.87. The van der Waals surface area contributed by atoms with Gasteiger partial charge in [0.1, 0.15) is 5.75 Å². The van der Waals surface area contributed by atoms with Crippen molar-refractivity contribution < 1.29 is 9.53 Å². The van der Waals surface area contributed by atoms with E-state index in [4.69, 9.17) is 4.74 Å². The molecule has 4 rings (SSSR count). The lowest BCUT2D eigenvalue weighted by Crippen LogP contribution is -2.38.